The first-order chi connectivity index (χ1) is 8.37. The van der Waals surface area contributed by atoms with Crippen LogP contribution in [0, 0.1) is 0 Å². The van der Waals surface area contributed by atoms with Crippen LogP contribution in [-0.2, 0) is 11.3 Å². The summed E-state index contributed by atoms with van der Waals surface area (Å²) in [5.41, 5.74) is 6.05. The van der Waals surface area contributed by atoms with Crippen molar-refractivity contribution >= 4 is 12.1 Å². The Labute approximate surface area is 107 Å². The second kappa shape index (κ2) is 6.05. The van der Waals surface area contributed by atoms with Crippen molar-refractivity contribution in [1.82, 2.24) is 5.32 Å². The fourth-order valence-corrected chi connectivity index (χ4v) is 1.21. The summed E-state index contributed by atoms with van der Waals surface area (Å²) in [5, 5.41) is 2.37. The van der Waals surface area contributed by atoms with E-state index in [0.717, 1.165) is 5.56 Å². The molecule has 1 rings (SSSR count). The smallest absolute Gasteiger partial charge is 0.414 e. The minimum atomic E-state index is -0.600. The van der Waals surface area contributed by atoms with E-state index < -0.39 is 11.7 Å². The molecule has 0 aromatic heterocycles. The number of ether oxygens (including phenoxy) is 1. The number of alkyl carbamates (subject to hydrolysis) is 1. The molecule has 0 heterocycles. The van der Waals surface area contributed by atoms with Crippen LogP contribution in [-0.4, -0.2) is 17.7 Å². The lowest BCUT2D eigenvalue weighted by molar-refractivity contribution is 0.0562. The van der Waals surface area contributed by atoms with E-state index in [1.165, 1.54) is 0 Å². The summed E-state index contributed by atoms with van der Waals surface area (Å²) in [6.07, 6.45) is -0.600. The number of benzene rings is 1. The van der Waals surface area contributed by atoms with E-state index in [0.29, 0.717) is 6.54 Å². The summed E-state index contributed by atoms with van der Waals surface area (Å²) in [6, 6.07) is 9.63. The van der Waals surface area contributed by atoms with Gasteiger partial charge in [0, 0.05) is 0 Å². The molecule has 0 saturated heterocycles. The molecule has 0 aliphatic rings. The summed E-state index contributed by atoms with van der Waals surface area (Å²) in [6.45, 7) is 5.76. The minimum absolute atomic E-state index is 0.0492. The number of amides is 1. The molecule has 18 heavy (non-hydrogen) atoms. The molecule has 98 valence electrons. The molecule has 5 heteroatoms. The van der Waals surface area contributed by atoms with E-state index >= 15 is 0 Å². The van der Waals surface area contributed by atoms with Crippen LogP contribution in [0.5, 0.6) is 0 Å². The van der Waals surface area contributed by atoms with E-state index in [9.17, 15) is 4.79 Å². The Morgan fingerprint density at radius 3 is 2.50 bits per heavy atom. The van der Waals surface area contributed by atoms with Crippen molar-refractivity contribution in [3.05, 3.63) is 35.9 Å². The number of carbonyl (C=O) groups is 1. The number of carbonyl (C=O) groups excluding carboxylic acids is 1. The Bertz CT molecular complexity index is 422. The molecule has 0 atom stereocenters. The second-order valence-corrected chi connectivity index (χ2v) is 4.81. The Kier molecular flexibility index (Phi) is 4.71. The normalized spacial score (nSPS) is 12.1. The monoisotopic (exact) mass is 249 g/mol. The molecule has 0 saturated carbocycles. The molecule has 1 amide bonds. The van der Waals surface area contributed by atoms with E-state index in [-0.39, 0.29) is 5.96 Å². The number of hydrogen-bond acceptors (Lipinski definition) is 3. The average Bonchev–Trinajstić information content (AvgIpc) is 2.25. The standard InChI is InChI=1S/C13H19N3O2/c1-13(2,3)18-12(17)16-11(14)15-9-10-7-5-4-6-8-10/h4-8H,9H2,1-3H3,(H3,14,15,16,17). The van der Waals surface area contributed by atoms with Gasteiger partial charge in [0.1, 0.15) is 5.60 Å². The third kappa shape index (κ3) is 5.89. The molecule has 0 spiro atoms. The Morgan fingerprint density at radius 1 is 1.33 bits per heavy atom. The van der Waals surface area contributed by atoms with Gasteiger partial charge in [0.05, 0.1) is 6.54 Å². The highest BCUT2D eigenvalue weighted by molar-refractivity contribution is 5.92. The van der Waals surface area contributed by atoms with Crippen molar-refractivity contribution in [2.75, 3.05) is 0 Å². The van der Waals surface area contributed by atoms with E-state index in [1.807, 2.05) is 30.3 Å². The number of guanidine groups is 1. The van der Waals surface area contributed by atoms with Crippen molar-refractivity contribution in [2.45, 2.75) is 32.9 Å². The lowest BCUT2D eigenvalue weighted by Gasteiger charge is -2.19. The van der Waals surface area contributed by atoms with Gasteiger partial charge in [-0.15, -0.1) is 0 Å². The third-order valence-corrected chi connectivity index (χ3v) is 1.90. The first-order valence-electron chi connectivity index (χ1n) is 5.71. The van der Waals surface area contributed by atoms with Crippen LogP contribution in [0.15, 0.2) is 35.3 Å². The molecule has 3 N–H and O–H groups in total. The Balaban J connectivity index is 2.45. The number of rotatable bonds is 2. The lowest BCUT2D eigenvalue weighted by Crippen LogP contribution is -2.40. The number of nitrogens with one attached hydrogen (secondary N) is 1. The Morgan fingerprint density at radius 2 is 1.94 bits per heavy atom. The fraction of sp³-hybridized carbons (Fsp3) is 0.385. The van der Waals surface area contributed by atoms with Gasteiger partial charge < -0.3 is 10.5 Å². The quantitative estimate of drug-likeness (QED) is 0.622. The van der Waals surface area contributed by atoms with E-state index in [1.54, 1.807) is 20.8 Å². The summed E-state index contributed by atoms with van der Waals surface area (Å²) < 4.78 is 5.05. The maximum Gasteiger partial charge on any atom is 0.414 e. The highest BCUT2D eigenvalue weighted by Gasteiger charge is 2.16. The molecule has 0 radical (unpaired) electrons. The SMILES string of the molecule is CC(C)(C)OC(=O)N/C(N)=N/Cc1ccccc1. The van der Waals surface area contributed by atoms with Gasteiger partial charge in [-0.25, -0.2) is 9.79 Å². The van der Waals surface area contributed by atoms with Gasteiger partial charge in [-0.2, -0.15) is 0 Å². The topological polar surface area (TPSA) is 76.7 Å². The minimum Gasteiger partial charge on any atom is -0.444 e. The highest BCUT2D eigenvalue weighted by atomic mass is 16.6. The molecule has 0 fully saturated rings. The Hall–Kier alpha value is -2.04. The van der Waals surface area contributed by atoms with Crippen molar-refractivity contribution in [3.63, 3.8) is 0 Å². The molecule has 0 bridgehead atoms. The van der Waals surface area contributed by atoms with Gasteiger partial charge in [0.15, 0.2) is 5.96 Å². The maximum absolute atomic E-state index is 11.4. The zero-order valence-corrected chi connectivity index (χ0v) is 10.9. The largest absolute Gasteiger partial charge is 0.444 e. The number of nitrogens with two attached hydrogens (primary N) is 1. The van der Waals surface area contributed by atoms with Crippen molar-refractivity contribution < 1.29 is 9.53 Å². The second-order valence-electron chi connectivity index (χ2n) is 4.81. The third-order valence-electron chi connectivity index (χ3n) is 1.90. The zero-order chi connectivity index (χ0) is 13.6. The van der Waals surface area contributed by atoms with Gasteiger partial charge in [-0.3, -0.25) is 5.32 Å². The van der Waals surface area contributed by atoms with Gasteiger partial charge in [0.2, 0.25) is 0 Å². The first-order valence-corrected chi connectivity index (χ1v) is 5.71. The number of hydrogen-bond donors (Lipinski definition) is 2. The van der Waals surface area contributed by atoms with Gasteiger partial charge in [-0.05, 0) is 26.3 Å². The fourth-order valence-electron chi connectivity index (χ4n) is 1.21. The molecular formula is C13H19N3O2. The molecular weight excluding hydrogens is 230 g/mol. The maximum atomic E-state index is 11.4. The zero-order valence-electron chi connectivity index (χ0n) is 10.9. The van der Waals surface area contributed by atoms with Crippen molar-refractivity contribution in [1.29, 1.82) is 0 Å². The van der Waals surface area contributed by atoms with E-state index in [4.69, 9.17) is 10.5 Å². The number of aliphatic imine (C=N–C) groups is 1. The predicted molar refractivity (Wildman–Crippen MR) is 71.1 cm³/mol. The number of nitrogens with zero attached hydrogens (tertiary/aromatic N) is 1. The van der Waals surface area contributed by atoms with Crippen LogP contribution in [0.4, 0.5) is 4.79 Å². The molecule has 0 aliphatic carbocycles. The molecule has 1 aromatic rings. The van der Waals surface area contributed by atoms with Crippen LogP contribution < -0.4 is 11.1 Å². The van der Waals surface area contributed by atoms with E-state index in [2.05, 4.69) is 10.3 Å². The summed E-state index contributed by atoms with van der Waals surface area (Å²) in [7, 11) is 0. The van der Waals surface area contributed by atoms with Crippen molar-refractivity contribution in [2.24, 2.45) is 10.7 Å². The first kappa shape index (κ1) is 14.0. The molecule has 0 aliphatic heterocycles. The lowest BCUT2D eigenvalue weighted by atomic mass is 10.2. The molecule has 5 nitrogen and oxygen atoms in total. The van der Waals surface area contributed by atoms with Gasteiger partial charge in [0.25, 0.3) is 0 Å². The van der Waals surface area contributed by atoms with Gasteiger partial charge in [-0.1, -0.05) is 30.3 Å². The average molecular weight is 249 g/mol. The van der Waals surface area contributed by atoms with Gasteiger partial charge >= 0.3 is 6.09 Å². The van der Waals surface area contributed by atoms with Crippen LogP contribution in [0.2, 0.25) is 0 Å². The van der Waals surface area contributed by atoms with Crippen LogP contribution >= 0.6 is 0 Å². The van der Waals surface area contributed by atoms with Crippen LogP contribution in [0.3, 0.4) is 0 Å². The van der Waals surface area contributed by atoms with Crippen LogP contribution in [0.1, 0.15) is 26.3 Å². The summed E-state index contributed by atoms with van der Waals surface area (Å²) >= 11 is 0. The molecule has 0 unspecified atom stereocenters. The molecule has 1 aromatic carbocycles. The summed E-state index contributed by atoms with van der Waals surface area (Å²) in [5.74, 6) is 0.0492. The van der Waals surface area contributed by atoms with Crippen molar-refractivity contribution in [3.8, 4) is 0 Å². The highest BCUT2D eigenvalue weighted by Crippen LogP contribution is 2.06. The predicted octanol–water partition coefficient (Wildman–Crippen LogP) is 2.03. The summed E-state index contributed by atoms with van der Waals surface area (Å²) in [4.78, 5) is 15.4. The van der Waals surface area contributed by atoms with Crippen LogP contribution in [0.25, 0.3) is 0 Å².